The summed E-state index contributed by atoms with van der Waals surface area (Å²) in [7, 11) is 1.68. The van der Waals surface area contributed by atoms with Crippen LogP contribution in [0.2, 0.25) is 0 Å². The summed E-state index contributed by atoms with van der Waals surface area (Å²) in [5.74, 6) is -0.0538. The zero-order chi connectivity index (χ0) is 11.8. The molecule has 0 aliphatic heterocycles. The average molecular weight is 223 g/mol. The quantitative estimate of drug-likeness (QED) is 0.744. The average Bonchev–Trinajstić information content (AvgIpc) is 2.31. The van der Waals surface area contributed by atoms with E-state index in [1.165, 1.54) is 0 Å². The molecule has 0 heterocycles. The van der Waals surface area contributed by atoms with E-state index in [1.807, 2.05) is 12.2 Å². The first-order chi connectivity index (χ1) is 7.79. The normalized spacial score (nSPS) is 10.7. The second kappa shape index (κ2) is 6.88. The molecule has 1 rings (SSSR count). The van der Waals surface area contributed by atoms with Crippen LogP contribution >= 0.6 is 0 Å². The molecule has 1 aromatic carbocycles. The summed E-state index contributed by atoms with van der Waals surface area (Å²) in [6, 6.07) is 5.07. The molecule has 0 aliphatic carbocycles. The molecule has 0 fully saturated rings. The van der Waals surface area contributed by atoms with Gasteiger partial charge in [-0.15, -0.1) is 0 Å². The number of allylic oxidation sites excluding steroid dienone is 1. The summed E-state index contributed by atoms with van der Waals surface area (Å²) in [5.41, 5.74) is 0.454. The van der Waals surface area contributed by atoms with Crippen LogP contribution in [-0.2, 0) is 0 Å². The third-order valence-electron chi connectivity index (χ3n) is 2.19. The fourth-order valence-corrected chi connectivity index (χ4v) is 1.31. The smallest absolute Gasteiger partial charge is 0.188 e. The first-order valence-corrected chi connectivity index (χ1v) is 5.53. The van der Waals surface area contributed by atoms with E-state index in [0.29, 0.717) is 12.3 Å². The van der Waals surface area contributed by atoms with E-state index >= 15 is 0 Å². The third-order valence-corrected chi connectivity index (χ3v) is 2.19. The standard InChI is InChI=1S/C13H18FNO/c1-3-4-5-6-10-16-12-9-7-8-11(15-2)13(12)14/h5-9,15H,3-4,10H2,1-2H3/b6-5+. The number of rotatable bonds is 6. The lowest BCUT2D eigenvalue weighted by Crippen LogP contribution is -1.99. The first kappa shape index (κ1) is 12.6. The number of halogens is 1. The van der Waals surface area contributed by atoms with Crippen molar-refractivity contribution in [1.29, 1.82) is 0 Å². The summed E-state index contributed by atoms with van der Waals surface area (Å²) < 4.78 is 19.0. The second-order valence-electron chi connectivity index (χ2n) is 3.44. The Balaban J connectivity index is 2.54. The summed E-state index contributed by atoms with van der Waals surface area (Å²) in [5, 5.41) is 2.77. The summed E-state index contributed by atoms with van der Waals surface area (Å²) in [6.45, 7) is 2.52. The molecule has 0 aliphatic rings. The van der Waals surface area contributed by atoms with E-state index in [-0.39, 0.29) is 11.6 Å². The van der Waals surface area contributed by atoms with Crippen molar-refractivity contribution in [3.05, 3.63) is 36.2 Å². The molecule has 0 spiro atoms. The van der Waals surface area contributed by atoms with E-state index in [9.17, 15) is 4.39 Å². The second-order valence-corrected chi connectivity index (χ2v) is 3.44. The summed E-state index contributed by atoms with van der Waals surface area (Å²) >= 11 is 0. The maximum absolute atomic E-state index is 13.6. The van der Waals surface area contributed by atoms with Crippen molar-refractivity contribution in [2.45, 2.75) is 19.8 Å². The van der Waals surface area contributed by atoms with Crippen LogP contribution in [0.1, 0.15) is 19.8 Å². The Hall–Kier alpha value is -1.51. The highest BCUT2D eigenvalue weighted by Crippen LogP contribution is 2.23. The van der Waals surface area contributed by atoms with Crippen LogP contribution in [0.15, 0.2) is 30.4 Å². The van der Waals surface area contributed by atoms with Crippen molar-refractivity contribution in [3.63, 3.8) is 0 Å². The highest BCUT2D eigenvalue weighted by atomic mass is 19.1. The molecule has 0 radical (unpaired) electrons. The van der Waals surface area contributed by atoms with Gasteiger partial charge in [-0.2, -0.15) is 0 Å². The monoisotopic (exact) mass is 223 g/mol. The number of nitrogens with one attached hydrogen (secondary N) is 1. The van der Waals surface area contributed by atoms with E-state index in [0.717, 1.165) is 12.8 Å². The number of hydrogen-bond donors (Lipinski definition) is 1. The maximum atomic E-state index is 13.6. The van der Waals surface area contributed by atoms with Gasteiger partial charge in [-0.3, -0.25) is 0 Å². The Kier molecular flexibility index (Phi) is 5.40. The van der Waals surface area contributed by atoms with Crippen LogP contribution in [0, 0.1) is 5.82 Å². The lowest BCUT2D eigenvalue weighted by atomic mass is 10.3. The van der Waals surface area contributed by atoms with E-state index < -0.39 is 0 Å². The summed E-state index contributed by atoms with van der Waals surface area (Å²) in [6.07, 6.45) is 6.09. The molecule has 1 N–H and O–H groups in total. The minimum absolute atomic E-state index is 0.285. The van der Waals surface area contributed by atoms with Gasteiger partial charge < -0.3 is 10.1 Å². The lowest BCUT2D eigenvalue weighted by molar-refractivity contribution is 0.342. The van der Waals surface area contributed by atoms with Crippen LogP contribution in [0.5, 0.6) is 5.75 Å². The molecule has 1 aromatic rings. The zero-order valence-corrected chi connectivity index (χ0v) is 9.79. The van der Waals surface area contributed by atoms with Gasteiger partial charge in [0.05, 0.1) is 5.69 Å². The first-order valence-electron chi connectivity index (χ1n) is 5.53. The van der Waals surface area contributed by atoms with Gasteiger partial charge in [-0.05, 0) is 18.6 Å². The van der Waals surface area contributed by atoms with Crippen LogP contribution < -0.4 is 10.1 Å². The van der Waals surface area contributed by atoms with Crippen molar-refractivity contribution in [3.8, 4) is 5.75 Å². The lowest BCUT2D eigenvalue weighted by Gasteiger charge is -2.08. The highest BCUT2D eigenvalue weighted by molar-refractivity contribution is 5.49. The number of hydrogen-bond acceptors (Lipinski definition) is 2. The van der Waals surface area contributed by atoms with Gasteiger partial charge in [0, 0.05) is 7.05 Å². The Morgan fingerprint density at radius 3 is 2.88 bits per heavy atom. The molecule has 0 saturated heterocycles. The topological polar surface area (TPSA) is 21.3 Å². The number of anilines is 1. The van der Waals surface area contributed by atoms with Crippen LogP contribution in [0.3, 0.4) is 0 Å². The van der Waals surface area contributed by atoms with E-state index in [4.69, 9.17) is 4.74 Å². The summed E-state index contributed by atoms with van der Waals surface area (Å²) in [4.78, 5) is 0. The SMILES string of the molecule is CCC/C=C/COc1cccc(NC)c1F. The fraction of sp³-hybridized carbons (Fsp3) is 0.385. The number of benzene rings is 1. The number of unbranched alkanes of at least 4 members (excludes halogenated alkanes) is 1. The molecule has 0 saturated carbocycles. The van der Waals surface area contributed by atoms with Gasteiger partial charge in [0.15, 0.2) is 11.6 Å². The van der Waals surface area contributed by atoms with Crippen LogP contribution in [0.4, 0.5) is 10.1 Å². The van der Waals surface area contributed by atoms with Crippen molar-refractivity contribution in [2.75, 3.05) is 19.0 Å². The Morgan fingerprint density at radius 1 is 1.38 bits per heavy atom. The van der Waals surface area contributed by atoms with Gasteiger partial charge in [0.1, 0.15) is 6.61 Å². The molecule has 16 heavy (non-hydrogen) atoms. The molecule has 3 heteroatoms. The van der Waals surface area contributed by atoms with Crippen molar-refractivity contribution in [1.82, 2.24) is 0 Å². The minimum atomic E-state index is -0.339. The predicted molar refractivity (Wildman–Crippen MR) is 65.5 cm³/mol. The van der Waals surface area contributed by atoms with Gasteiger partial charge in [-0.25, -0.2) is 4.39 Å². The largest absolute Gasteiger partial charge is 0.486 e. The van der Waals surface area contributed by atoms with Crippen LogP contribution in [0.25, 0.3) is 0 Å². The predicted octanol–water partition coefficient (Wildman–Crippen LogP) is 3.60. The Morgan fingerprint density at radius 2 is 2.19 bits per heavy atom. The third kappa shape index (κ3) is 3.57. The zero-order valence-electron chi connectivity index (χ0n) is 9.79. The van der Waals surface area contributed by atoms with Gasteiger partial charge in [-0.1, -0.05) is 31.6 Å². The van der Waals surface area contributed by atoms with Crippen molar-refractivity contribution >= 4 is 5.69 Å². The Bertz CT molecular complexity index is 350. The van der Waals surface area contributed by atoms with Crippen molar-refractivity contribution < 1.29 is 9.13 Å². The maximum Gasteiger partial charge on any atom is 0.188 e. The van der Waals surface area contributed by atoms with Gasteiger partial charge in [0.25, 0.3) is 0 Å². The molecule has 88 valence electrons. The van der Waals surface area contributed by atoms with Gasteiger partial charge in [0.2, 0.25) is 0 Å². The fourth-order valence-electron chi connectivity index (χ4n) is 1.31. The van der Waals surface area contributed by atoms with Crippen LogP contribution in [-0.4, -0.2) is 13.7 Å². The van der Waals surface area contributed by atoms with E-state index in [2.05, 4.69) is 12.2 Å². The number of ether oxygens (including phenoxy) is 1. The molecule has 0 bridgehead atoms. The van der Waals surface area contributed by atoms with E-state index in [1.54, 1.807) is 25.2 Å². The highest BCUT2D eigenvalue weighted by Gasteiger charge is 2.06. The Labute approximate surface area is 96.1 Å². The van der Waals surface area contributed by atoms with Gasteiger partial charge >= 0.3 is 0 Å². The molecule has 0 aromatic heterocycles. The molecular weight excluding hydrogens is 205 g/mol. The molecule has 0 unspecified atom stereocenters. The molecule has 0 atom stereocenters. The molecule has 2 nitrogen and oxygen atoms in total. The molecule has 0 amide bonds. The molecular formula is C13H18FNO. The minimum Gasteiger partial charge on any atom is -0.486 e. The van der Waals surface area contributed by atoms with Crippen molar-refractivity contribution in [2.24, 2.45) is 0 Å².